The molecule has 1 aromatic carbocycles. The van der Waals surface area contributed by atoms with Crippen LogP contribution in [0.5, 0.6) is 11.5 Å². The minimum Gasteiger partial charge on any atom is -0.147 e. The molecule has 0 bridgehead atoms. The van der Waals surface area contributed by atoms with E-state index in [1.807, 2.05) is 12.3 Å². The second-order valence-electron chi connectivity index (χ2n) is 5.21. The zero-order valence-corrected chi connectivity index (χ0v) is 15.8. The van der Waals surface area contributed by atoms with E-state index in [9.17, 15) is 5.11 Å². The van der Waals surface area contributed by atoms with Crippen LogP contribution >= 0.6 is 24.6 Å². The van der Waals surface area contributed by atoms with Crippen LogP contribution in [0.4, 0.5) is 0 Å². The van der Waals surface area contributed by atoms with Crippen molar-refractivity contribution >= 4 is 40.4 Å². The van der Waals surface area contributed by atoms with Gasteiger partial charge in [-0.1, -0.05) is 0 Å². The first-order valence-electron chi connectivity index (χ1n) is 6.98. The molecule has 1 radical (unpaired) electrons. The van der Waals surface area contributed by atoms with E-state index in [4.69, 9.17) is 17.0 Å². The first kappa shape index (κ1) is 17.5. The molecule has 0 amide bonds. The molecule has 4 nitrogen and oxygen atoms in total. The number of phenolic OH excluding ortho intramolecular Hbond substituents is 1. The molecule has 1 aliphatic rings. The van der Waals surface area contributed by atoms with Gasteiger partial charge in [-0.15, -0.1) is 12.4 Å². The second-order valence-corrected chi connectivity index (χ2v) is 7.86. The van der Waals surface area contributed by atoms with Gasteiger partial charge in [0.15, 0.2) is 0 Å². The molecular formula is C15H19AsClN2O2S. The van der Waals surface area contributed by atoms with Gasteiger partial charge < -0.3 is 0 Å². The van der Waals surface area contributed by atoms with Crippen molar-refractivity contribution in [1.82, 2.24) is 9.55 Å². The molecule has 2 aromatic rings. The number of nitrogens with one attached hydrogen (secondary N) is 1. The molecule has 1 aromatic heterocycles. The predicted molar refractivity (Wildman–Crippen MR) is 93.3 cm³/mol. The van der Waals surface area contributed by atoms with Crippen LogP contribution in [0.15, 0.2) is 24.4 Å². The molecule has 1 atom stereocenters. The SMILES string of the molecule is C[As]CCc1c[nH]c(=S)n1[C@H]1COc2ccc(O)cc2C1.Cl. The number of aromatic amines is 1. The van der Waals surface area contributed by atoms with Crippen LogP contribution < -0.4 is 4.74 Å². The second kappa shape index (κ2) is 7.58. The van der Waals surface area contributed by atoms with Crippen molar-refractivity contribution < 1.29 is 9.84 Å². The van der Waals surface area contributed by atoms with Gasteiger partial charge in [0.2, 0.25) is 0 Å². The topological polar surface area (TPSA) is 50.2 Å². The number of fused-ring (bicyclic) bond motifs is 1. The Hall–Kier alpha value is -0.902. The van der Waals surface area contributed by atoms with E-state index in [2.05, 4.69) is 15.3 Å². The van der Waals surface area contributed by atoms with Gasteiger partial charge in [0.05, 0.1) is 0 Å². The Balaban J connectivity index is 0.00000176. The van der Waals surface area contributed by atoms with Gasteiger partial charge in [-0.05, 0) is 0 Å². The monoisotopic (exact) mass is 401 g/mol. The van der Waals surface area contributed by atoms with E-state index < -0.39 is 0 Å². The minimum atomic E-state index is 0. The fourth-order valence-corrected chi connectivity index (χ4v) is 4.04. The van der Waals surface area contributed by atoms with Crippen LogP contribution in [-0.2, 0) is 12.8 Å². The largest absolute Gasteiger partial charge is 0.147 e. The Kier molecular flexibility index (Phi) is 6.01. The van der Waals surface area contributed by atoms with Gasteiger partial charge in [0, 0.05) is 0 Å². The van der Waals surface area contributed by atoms with Crippen molar-refractivity contribution in [3.8, 4) is 11.5 Å². The smallest absolute Gasteiger partial charge is 0.147 e. The third-order valence-corrected chi connectivity index (χ3v) is 5.50. The van der Waals surface area contributed by atoms with Crippen LogP contribution in [0.25, 0.3) is 0 Å². The van der Waals surface area contributed by atoms with Crippen molar-refractivity contribution in [2.24, 2.45) is 0 Å². The van der Waals surface area contributed by atoms with E-state index in [0.29, 0.717) is 22.4 Å². The Morgan fingerprint density at radius 3 is 3.09 bits per heavy atom. The van der Waals surface area contributed by atoms with Crippen LogP contribution in [0.3, 0.4) is 0 Å². The number of imidazole rings is 1. The van der Waals surface area contributed by atoms with E-state index in [1.54, 1.807) is 12.1 Å². The standard InChI is InChI=1S/C15H18AsN2O2S.ClH/c1-16-5-4-11-8-17-15(21)18(11)12-6-10-7-13(19)2-3-14(10)20-9-12;/h2-3,7-8,12,19H,4-6,9H2,1H3,(H,17,21);1H/t12-;/m1./s1. The molecule has 2 N–H and O–H groups in total. The number of ether oxygens (including phenoxy) is 1. The molecule has 0 fully saturated rings. The number of nitrogens with zero attached hydrogens (tertiary/aromatic N) is 1. The molecule has 0 spiro atoms. The summed E-state index contributed by atoms with van der Waals surface area (Å²) in [5.41, 5.74) is 4.58. The number of hydrogen-bond acceptors (Lipinski definition) is 3. The molecule has 3 rings (SSSR count). The fraction of sp³-hybridized carbons (Fsp3) is 0.400. The number of halogens is 1. The summed E-state index contributed by atoms with van der Waals surface area (Å²) in [6.45, 7) is 0.622. The number of H-pyrrole nitrogens is 1. The number of phenols is 1. The average molecular weight is 402 g/mol. The number of rotatable bonds is 4. The van der Waals surface area contributed by atoms with Crippen molar-refractivity contribution in [3.63, 3.8) is 0 Å². The fourth-order valence-electron chi connectivity index (χ4n) is 2.76. The molecule has 0 saturated carbocycles. The molecule has 0 unspecified atom stereocenters. The summed E-state index contributed by atoms with van der Waals surface area (Å²) < 4.78 is 8.80. The molecule has 2 heterocycles. The number of benzene rings is 1. The summed E-state index contributed by atoms with van der Waals surface area (Å²) in [4.78, 5) is 3.16. The maximum atomic E-state index is 9.64. The molecule has 0 saturated heterocycles. The third kappa shape index (κ3) is 3.53. The van der Waals surface area contributed by atoms with E-state index >= 15 is 0 Å². The van der Waals surface area contributed by atoms with Crippen molar-refractivity contribution in [2.45, 2.75) is 29.8 Å². The van der Waals surface area contributed by atoms with Gasteiger partial charge in [-0.3, -0.25) is 0 Å². The number of aromatic hydroxyl groups is 1. The molecule has 0 aliphatic carbocycles. The summed E-state index contributed by atoms with van der Waals surface area (Å²) in [5, 5.41) is 10.9. The maximum Gasteiger partial charge on any atom is -0.147 e. The minimum absolute atomic E-state index is 0. The van der Waals surface area contributed by atoms with Crippen molar-refractivity contribution in [3.05, 3.63) is 40.4 Å². The number of hydrogen-bond donors (Lipinski definition) is 2. The van der Waals surface area contributed by atoms with Gasteiger partial charge in [0.1, 0.15) is 0 Å². The van der Waals surface area contributed by atoms with Crippen LogP contribution in [0.2, 0.25) is 10.9 Å². The Morgan fingerprint density at radius 2 is 2.32 bits per heavy atom. The average Bonchev–Trinajstić information content (AvgIpc) is 2.85. The van der Waals surface area contributed by atoms with Gasteiger partial charge in [-0.25, -0.2) is 0 Å². The first-order valence-corrected chi connectivity index (χ1v) is 10.6. The zero-order chi connectivity index (χ0) is 14.8. The summed E-state index contributed by atoms with van der Waals surface area (Å²) in [5.74, 6) is 1.15. The summed E-state index contributed by atoms with van der Waals surface area (Å²) in [6, 6.07) is 5.48. The number of aryl methyl sites for hydroxylation is 1. The summed E-state index contributed by atoms with van der Waals surface area (Å²) >= 11 is 5.85. The first-order chi connectivity index (χ1) is 10.2. The maximum absolute atomic E-state index is 9.64. The van der Waals surface area contributed by atoms with Crippen molar-refractivity contribution in [2.75, 3.05) is 6.61 Å². The van der Waals surface area contributed by atoms with Crippen LogP contribution in [0.1, 0.15) is 17.3 Å². The van der Waals surface area contributed by atoms with Crippen LogP contribution in [0, 0.1) is 4.77 Å². The summed E-state index contributed by atoms with van der Waals surface area (Å²) in [7, 11) is 0. The normalized spacial score (nSPS) is 17.0. The molecule has 7 heteroatoms. The van der Waals surface area contributed by atoms with Gasteiger partial charge >= 0.3 is 136 Å². The molecular weight excluding hydrogens is 383 g/mol. The third-order valence-electron chi connectivity index (χ3n) is 3.78. The van der Waals surface area contributed by atoms with Gasteiger partial charge in [-0.2, -0.15) is 0 Å². The zero-order valence-electron chi connectivity index (χ0n) is 12.3. The van der Waals surface area contributed by atoms with E-state index in [0.717, 1.165) is 28.9 Å². The van der Waals surface area contributed by atoms with Gasteiger partial charge in [0.25, 0.3) is 0 Å². The predicted octanol–water partition coefficient (Wildman–Crippen LogP) is 3.56. The Labute approximate surface area is 148 Å². The van der Waals surface area contributed by atoms with E-state index in [1.165, 1.54) is 10.9 Å². The quantitative estimate of drug-likeness (QED) is 0.608. The molecule has 22 heavy (non-hydrogen) atoms. The Bertz CT molecular complexity index is 701. The molecule has 1 aliphatic heterocycles. The molecule has 119 valence electrons. The van der Waals surface area contributed by atoms with E-state index in [-0.39, 0.29) is 24.2 Å². The van der Waals surface area contributed by atoms with Crippen LogP contribution in [-0.4, -0.2) is 37.0 Å². The Morgan fingerprint density at radius 1 is 1.50 bits per heavy atom. The van der Waals surface area contributed by atoms with Crippen molar-refractivity contribution in [1.29, 1.82) is 0 Å². The number of aromatic nitrogens is 2. The summed E-state index contributed by atoms with van der Waals surface area (Å²) in [6.07, 6.45) is 3.92.